The number of hydrogen-bond acceptors (Lipinski definition) is 3. The summed E-state index contributed by atoms with van der Waals surface area (Å²) in [4.78, 5) is 2.89. The summed E-state index contributed by atoms with van der Waals surface area (Å²) in [6.45, 7) is 0. The monoisotopic (exact) mass is 247 g/mol. The molecule has 2 heterocycles. The highest BCUT2D eigenvalue weighted by Gasteiger charge is 2.18. The third-order valence-electron chi connectivity index (χ3n) is 3.35. The van der Waals surface area contributed by atoms with E-state index in [1.807, 2.05) is 35.5 Å². The summed E-state index contributed by atoms with van der Waals surface area (Å²) < 4.78 is 1.83. The van der Waals surface area contributed by atoms with Crippen molar-refractivity contribution >= 4 is 11.3 Å². The summed E-state index contributed by atoms with van der Waals surface area (Å²) in [6, 6.07) is 2.43. The largest absolute Gasteiger partial charge is 0.323 e. The Morgan fingerprint density at radius 3 is 3.12 bits per heavy atom. The second kappa shape index (κ2) is 4.27. The van der Waals surface area contributed by atoms with Crippen LogP contribution in [0.2, 0.25) is 0 Å². The molecule has 2 N–H and O–H groups in total. The van der Waals surface area contributed by atoms with E-state index in [9.17, 15) is 0 Å². The number of hydrogen-bond donors (Lipinski definition) is 1. The quantitative estimate of drug-likeness (QED) is 0.903. The zero-order valence-electron chi connectivity index (χ0n) is 10.0. The summed E-state index contributed by atoms with van der Waals surface area (Å²) in [5.41, 5.74) is 9.02. The lowest BCUT2D eigenvalue weighted by molar-refractivity contribution is 0.731. The van der Waals surface area contributed by atoms with Crippen LogP contribution in [-0.2, 0) is 26.3 Å². The zero-order chi connectivity index (χ0) is 11.8. The summed E-state index contributed by atoms with van der Waals surface area (Å²) in [5, 5.41) is 4.18. The number of rotatable bonds is 3. The molecule has 0 saturated heterocycles. The minimum absolute atomic E-state index is 0.120. The number of aryl methyl sites for hydroxylation is 3. The Bertz CT molecular complexity index is 505. The molecular weight excluding hydrogens is 230 g/mol. The fraction of sp³-hybridized carbons (Fsp3) is 0.462. The van der Waals surface area contributed by atoms with Gasteiger partial charge in [-0.05, 0) is 42.9 Å². The molecule has 1 aliphatic rings. The molecule has 0 spiro atoms. The molecule has 1 unspecified atom stereocenters. The SMILES string of the molecule is Cn1cc(CC(N)c2cc3c(s2)CCC3)cn1. The molecule has 2 aromatic heterocycles. The van der Waals surface area contributed by atoms with Crippen LogP contribution in [0.3, 0.4) is 0 Å². The van der Waals surface area contributed by atoms with Crippen molar-refractivity contribution < 1.29 is 0 Å². The van der Waals surface area contributed by atoms with Crippen LogP contribution >= 0.6 is 11.3 Å². The maximum absolute atomic E-state index is 6.27. The van der Waals surface area contributed by atoms with Gasteiger partial charge in [-0.3, -0.25) is 4.68 Å². The van der Waals surface area contributed by atoms with E-state index in [0.29, 0.717) is 0 Å². The molecule has 4 heteroatoms. The van der Waals surface area contributed by atoms with E-state index in [1.54, 1.807) is 4.88 Å². The second-order valence-corrected chi connectivity index (χ2v) is 5.95. The van der Waals surface area contributed by atoms with Crippen LogP contribution in [0.25, 0.3) is 0 Å². The maximum Gasteiger partial charge on any atom is 0.0522 e. The molecule has 3 rings (SSSR count). The Labute approximate surface area is 105 Å². The Morgan fingerprint density at radius 2 is 2.41 bits per heavy atom. The molecule has 17 heavy (non-hydrogen) atoms. The number of fused-ring (bicyclic) bond motifs is 1. The Morgan fingerprint density at radius 1 is 1.53 bits per heavy atom. The molecule has 0 bridgehead atoms. The fourth-order valence-corrected chi connectivity index (χ4v) is 3.73. The van der Waals surface area contributed by atoms with Crippen molar-refractivity contribution in [2.24, 2.45) is 12.8 Å². The van der Waals surface area contributed by atoms with Gasteiger partial charge in [-0.2, -0.15) is 5.10 Å². The molecule has 1 atom stereocenters. The van der Waals surface area contributed by atoms with Gasteiger partial charge in [0.15, 0.2) is 0 Å². The highest BCUT2D eigenvalue weighted by atomic mass is 32.1. The van der Waals surface area contributed by atoms with Crippen molar-refractivity contribution in [1.29, 1.82) is 0 Å². The van der Waals surface area contributed by atoms with Gasteiger partial charge in [0.2, 0.25) is 0 Å². The van der Waals surface area contributed by atoms with Crippen LogP contribution in [0.4, 0.5) is 0 Å². The molecule has 0 fully saturated rings. The average molecular weight is 247 g/mol. The van der Waals surface area contributed by atoms with Crippen molar-refractivity contribution in [2.45, 2.75) is 31.7 Å². The lowest BCUT2D eigenvalue weighted by atomic mass is 10.1. The van der Waals surface area contributed by atoms with Crippen molar-refractivity contribution in [1.82, 2.24) is 9.78 Å². The number of nitrogens with two attached hydrogens (primary N) is 1. The first-order chi connectivity index (χ1) is 8.22. The predicted molar refractivity (Wildman–Crippen MR) is 70.2 cm³/mol. The first kappa shape index (κ1) is 11.0. The number of thiophene rings is 1. The molecular formula is C13H17N3S. The summed E-state index contributed by atoms with van der Waals surface area (Å²) in [6.07, 6.45) is 8.64. The highest BCUT2D eigenvalue weighted by Crippen LogP contribution is 2.33. The average Bonchev–Trinajstić information content (AvgIpc) is 2.92. The van der Waals surface area contributed by atoms with Gasteiger partial charge >= 0.3 is 0 Å². The van der Waals surface area contributed by atoms with Crippen molar-refractivity contribution in [2.75, 3.05) is 0 Å². The Balaban J connectivity index is 1.75. The van der Waals surface area contributed by atoms with Crippen molar-refractivity contribution in [3.05, 3.63) is 39.3 Å². The molecule has 0 radical (unpaired) electrons. The molecule has 90 valence electrons. The van der Waals surface area contributed by atoms with Gasteiger partial charge in [0.1, 0.15) is 0 Å². The zero-order valence-corrected chi connectivity index (χ0v) is 10.8. The molecule has 0 aliphatic heterocycles. The lowest BCUT2D eigenvalue weighted by Gasteiger charge is -2.07. The van der Waals surface area contributed by atoms with Crippen LogP contribution in [0.15, 0.2) is 18.5 Å². The standard InChI is InChI=1S/C13H17N3S/c1-16-8-9(7-15-16)5-11(14)13-6-10-3-2-4-12(10)17-13/h6-8,11H,2-5,14H2,1H3. The van der Waals surface area contributed by atoms with Gasteiger partial charge in [-0.1, -0.05) is 0 Å². The van der Waals surface area contributed by atoms with Crippen molar-refractivity contribution in [3.63, 3.8) is 0 Å². The topological polar surface area (TPSA) is 43.8 Å². The van der Waals surface area contributed by atoms with Gasteiger partial charge < -0.3 is 5.73 Å². The van der Waals surface area contributed by atoms with Gasteiger partial charge in [0.05, 0.1) is 6.20 Å². The number of aromatic nitrogens is 2. The maximum atomic E-state index is 6.27. The highest BCUT2D eigenvalue weighted by molar-refractivity contribution is 7.12. The molecule has 0 amide bonds. The third kappa shape index (κ3) is 2.15. The van der Waals surface area contributed by atoms with Crippen LogP contribution in [0.5, 0.6) is 0 Å². The van der Waals surface area contributed by atoms with Crippen LogP contribution in [0.1, 0.15) is 33.3 Å². The molecule has 2 aromatic rings. The smallest absolute Gasteiger partial charge is 0.0522 e. The number of nitrogens with zero attached hydrogens (tertiary/aromatic N) is 2. The van der Waals surface area contributed by atoms with Crippen LogP contribution in [0, 0.1) is 0 Å². The van der Waals surface area contributed by atoms with Crippen LogP contribution < -0.4 is 5.73 Å². The Kier molecular flexibility index (Phi) is 2.76. The van der Waals surface area contributed by atoms with E-state index in [2.05, 4.69) is 11.2 Å². The van der Waals surface area contributed by atoms with Gasteiger partial charge in [0.25, 0.3) is 0 Å². The lowest BCUT2D eigenvalue weighted by Crippen LogP contribution is -2.11. The van der Waals surface area contributed by atoms with E-state index in [1.165, 1.54) is 35.3 Å². The minimum Gasteiger partial charge on any atom is -0.323 e. The molecule has 0 saturated carbocycles. The van der Waals surface area contributed by atoms with E-state index in [4.69, 9.17) is 5.73 Å². The van der Waals surface area contributed by atoms with Gasteiger partial charge in [-0.25, -0.2) is 0 Å². The van der Waals surface area contributed by atoms with E-state index < -0.39 is 0 Å². The first-order valence-electron chi connectivity index (χ1n) is 6.07. The van der Waals surface area contributed by atoms with Crippen molar-refractivity contribution in [3.8, 4) is 0 Å². The fourth-order valence-electron chi connectivity index (χ4n) is 2.47. The van der Waals surface area contributed by atoms with E-state index >= 15 is 0 Å². The molecule has 0 aromatic carbocycles. The normalized spacial score (nSPS) is 16.1. The molecule has 3 nitrogen and oxygen atoms in total. The van der Waals surface area contributed by atoms with Crippen LogP contribution in [-0.4, -0.2) is 9.78 Å². The van der Waals surface area contributed by atoms with Gasteiger partial charge in [-0.15, -0.1) is 11.3 Å². The molecule has 1 aliphatic carbocycles. The summed E-state index contributed by atoms with van der Waals surface area (Å²) >= 11 is 1.90. The minimum atomic E-state index is 0.120. The van der Waals surface area contributed by atoms with E-state index in [0.717, 1.165) is 6.42 Å². The summed E-state index contributed by atoms with van der Waals surface area (Å²) in [7, 11) is 1.94. The summed E-state index contributed by atoms with van der Waals surface area (Å²) in [5.74, 6) is 0. The van der Waals surface area contributed by atoms with E-state index in [-0.39, 0.29) is 6.04 Å². The second-order valence-electron chi connectivity index (χ2n) is 4.78. The Hall–Kier alpha value is -1.13. The third-order valence-corrected chi connectivity index (χ3v) is 4.71. The van der Waals surface area contributed by atoms with Gasteiger partial charge in [0, 0.05) is 29.0 Å². The predicted octanol–water partition coefficient (Wildman–Crippen LogP) is 2.21. The first-order valence-corrected chi connectivity index (χ1v) is 6.88.